The number of hydrogen-bond acceptors (Lipinski definition) is 6. The second kappa shape index (κ2) is 10.8. The molecule has 1 unspecified atom stereocenters. The predicted octanol–water partition coefficient (Wildman–Crippen LogP) is 4.45. The van der Waals surface area contributed by atoms with Crippen molar-refractivity contribution in [2.75, 3.05) is 7.11 Å². The van der Waals surface area contributed by atoms with Gasteiger partial charge in [-0.1, -0.05) is 54.6 Å². The van der Waals surface area contributed by atoms with E-state index in [4.69, 9.17) is 26.4 Å². The van der Waals surface area contributed by atoms with Crippen LogP contribution in [0, 0.1) is 0 Å². The molecule has 1 atom stereocenters. The van der Waals surface area contributed by atoms with Crippen LogP contribution in [0.2, 0.25) is 0 Å². The third-order valence-electron chi connectivity index (χ3n) is 5.43. The Hall–Kier alpha value is -4.17. The van der Waals surface area contributed by atoms with E-state index < -0.39 is 18.0 Å². The Morgan fingerprint density at radius 2 is 1.60 bits per heavy atom. The Bertz CT molecular complexity index is 1280. The van der Waals surface area contributed by atoms with Gasteiger partial charge in [0.2, 0.25) is 0 Å². The quantitative estimate of drug-likeness (QED) is 0.287. The minimum atomic E-state index is -0.584. The highest BCUT2D eigenvalue weighted by Gasteiger charge is 2.31. The van der Waals surface area contributed by atoms with E-state index >= 15 is 0 Å². The molecule has 0 bridgehead atoms. The maximum absolute atomic E-state index is 13.1. The number of ether oxygens (including phenoxy) is 3. The topological polar surface area (TPSA) is 85.9 Å². The summed E-state index contributed by atoms with van der Waals surface area (Å²) < 4.78 is 16.6. The van der Waals surface area contributed by atoms with Gasteiger partial charge in [-0.3, -0.25) is 0 Å². The van der Waals surface area contributed by atoms with Gasteiger partial charge in [0.25, 0.3) is 0 Å². The van der Waals surface area contributed by atoms with Crippen molar-refractivity contribution in [3.05, 3.63) is 107 Å². The van der Waals surface area contributed by atoms with Crippen molar-refractivity contribution in [2.45, 2.75) is 19.6 Å². The molecule has 0 aromatic heterocycles. The summed E-state index contributed by atoms with van der Waals surface area (Å²) in [6.07, 6.45) is 0. The number of thiocarbonyl (C=S) groups is 1. The van der Waals surface area contributed by atoms with Gasteiger partial charge in [0.05, 0.1) is 24.3 Å². The van der Waals surface area contributed by atoms with E-state index in [-0.39, 0.29) is 12.4 Å². The predicted molar refractivity (Wildman–Crippen MR) is 135 cm³/mol. The van der Waals surface area contributed by atoms with Crippen molar-refractivity contribution in [3.8, 4) is 11.5 Å². The maximum atomic E-state index is 13.1. The fraction of sp³-hybridized carbons (Fsp3) is 0.148. The third kappa shape index (κ3) is 5.67. The molecule has 8 heteroatoms. The van der Waals surface area contributed by atoms with E-state index in [1.54, 1.807) is 49.4 Å². The van der Waals surface area contributed by atoms with Crippen LogP contribution in [0.1, 0.15) is 34.5 Å². The Morgan fingerprint density at radius 1 is 0.914 bits per heavy atom. The number of nitrogens with one attached hydrogen (secondary N) is 2. The molecule has 178 valence electrons. The molecule has 0 fully saturated rings. The van der Waals surface area contributed by atoms with Crippen molar-refractivity contribution in [2.24, 2.45) is 0 Å². The summed E-state index contributed by atoms with van der Waals surface area (Å²) in [6.45, 7) is 1.91. The molecule has 0 amide bonds. The van der Waals surface area contributed by atoms with Crippen LogP contribution in [-0.4, -0.2) is 24.2 Å². The van der Waals surface area contributed by atoms with Crippen LogP contribution in [0.25, 0.3) is 0 Å². The summed E-state index contributed by atoms with van der Waals surface area (Å²) in [6, 6.07) is 22.6. The SMILES string of the molecule is COc1cc(C2NC(=S)NC(C)=C2C(=O)OCc2ccccc2)ccc1OC(=O)c1ccccc1. The lowest BCUT2D eigenvalue weighted by atomic mass is 9.95. The van der Waals surface area contributed by atoms with Crippen LogP contribution in [0.5, 0.6) is 11.5 Å². The minimum Gasteiger partial charge on any atom is -0.493 e. The van der Waals surface area contributed by atoms with Gasteiger partial charge in [-0.25, -0.2) is 9.59 Å². The summed E-state index contributed by atoms with van der Waals surface area (Å²) in [4.78, 5) is 25.6. The van der Waals surface area contributed by atoms with E-state index in [9.17, 15) is 9.59 Å². The number of hydrogen-bond donors (Lipinski definition) is 2. The van der Waals surface area contributed by atoms with Crippen molar-refractivity contribution in [1.82, 2.24) is 10.6 Å². The summed E-state index contributed by atoms with van der Waals surface area (Å²) in [5.74, 6) is -0.376. The molecule has 35 heavy (non-hydrogen) atoms. The molecule has 1 aliphatic heterocycles. The van der Waals surface area contributed by atoms with E-state index in [2.05, 4.69) is 10.6 Å². The van der Waals surface area contributed by atoms with Crippen LogP contribution in [-0.2, 0) is 16.1 Å². The lowest BCUT2D eigenvalue weighted by Crippen LogP contribution is -2.45. The number of rotatable bonds is 7. The largest absolute Gasteiger partial charge is 0.493 e. The number of esters is 2. The minimum absolute atomic E-state index is 0.144. The Labute approximate surface area is 208 Å². The van der Waals surface area contributed by atoms with Gasteiger partial charge >= 0.3 is 11.9 Å². The number of benzene rings is 3. The van der Waals surface area contributed by atoms with Gasteiger partial charge in [-0.2, -0.15) is 0 Å². The highest BCUT2D eigenvalue weighted by molar-refractivity contribution is 7.80. The number of methoxy groups -OCH3 is 1. The Kier molecular flexibility index (Phi) is 7.42. The Morgan fingerprint density at radius 3 is 2.29 bits per heavy atom. The molecule has 0 radical (unpaired) electrons. The fourth-order valence-corrected chi connectivity index (χ4v) is 3.97. The van der Waals surface area contributed by atoms with Crippen molar-refractivity contribution in [1.29, 1.82) is 0 Å². The first-order valence-corrected chi connectivity index (χ1v) is 11.3. The second-order valence-corrected chi connectivity index (χ2v) is 8.21. The zero-order valence-corrected chi connectivity index (χ0v) is 20.1. The van der Waals surface area contributed by atoms with Gasteiger partial charge in [-0.05, 0) is 54.5 Å². The van der Waals surface area contributed by atoms with Crippen LogP contribution < -0.4 is 20.1 Å². The molecule has 3 aromatic rings. The third-order valence-corrected chi connectivity index (χ3v) is 5.65. The van der Waals surface area contributed by atoms with Crippen molar-refractivity contribution in [3.63, 3.8) is 0 Å². The summed E-state index contributed by atoms with van der Waals surface area (Å²) in [5, 5.41) is 6.50. The Balaban J connectivity index is 1.58. The molecular weight excluding hydrogens is 464 g/mol. The molecule has 0 saturated carbocycles. The van der Waals surface area contributed by atoms with E-state index in [1.165, 1.54) is 7.11 Å². The summed E-state index contributed by atoms with van der Waals surface area (Å²) in [5.41, 5.74) is 2.98. The highest BCUT2D eigenvalue weighted by Crippen LogP contribution is 2.35. The summed E-state index contributed by atoms with van der Waals surface area (Å²) >= 11 is 5.33. The monoisotopic (exact) mass is 488 g/mol. The first kappa shape index (κ1) is 24.0. The average molecular weight is 489 g/mol. The maximum Gasteiger partial charge on any atom is 0.343 e. The smallest absolute Gasteiger partial charge is 0.343 e. The standard InChI is InChI=1S/C27H24N2O5S/c1-17-23(26(31)33-16-18-9-5-3-6-10-18)24(29-27(35)28-17)20-13-14-21(22(15-20)32-2)34-25(30)19-11-7-4-8-12-19/h3-15,24H,16H2,1-2H3,(H2,28,29,35). The molecule has 3 aromatic carbocycles. The normalized spacial score (nSPS) is 15.0. The lowest BCUT2D eigenvalue weighted by molar-refractivity contribution is -0.140. The van der Waals surface area contributed by atoms with Gasteiger partial charge < -0.3 is 24.8 Å². The fourth-order valence-electron chi connectivity index (χ4n) is 3.70. The van der Waals surface area contributed by atoms with Crippen LogP contribution in [0.15, 0.2) is 90.1 Å². The zero-order chi connectivity index (χ0) is 24.8. The van der Waals surface area contributed by atoms with Crippen LogP contribution in [0.3, 0.4) is 0 Å². The van der Waals surface area contributed by atoms with Crippen molar-refractivity contribution >= 4 is 29.3 Å². The number of carbonyl (C=O) groups is 2. The van der Waals surface area contributed by atoms with Crippen LogP contribution in [0.4, 0.5) is 0 Å². The summed E-state index contributed by atoms with van der Waals surface area (Å²) in [7, 11) is 1.48. The lowest BCUT2D eigenvalue weighted by Gasteiger charge is -2.30. The zero-order valence-electron chi connectivity index (χ0n) is 19.2. The molecular formula is C27H24N2O5S. The van der Waals surface area contributed by atoms with E-state index in [0.717, 1.165) is 5.56 Å². The molecule has 4 rings (SSSR count). The highest BCUT2D eigenvalue weighted by atomic mass is 32.1. The molecule has 2 N–H and O–H groups in total. The average Bonchev–Trinajstić information content (AvgIpc) is 2.88. The van der Waals surface area contributed by atoms with Gasteiger partial charge in [0, 0.05) is 5.70 Å². The number of allylic oxidation sites excluding steroid dienone is 1. The van der Waals surface area contributed by atoms with Gasteiger partial charge in [0.1, 0.15) is 6.61 Å². The van der Waals surface area contributed by atoms with Gasteiger partial charge in [-0.15, -0.1) is 0 Å². The van der Waals surface area contributed by atoms with Gasteiger partial charge in [0.15, 0.2) is 16.6 Å². The first-order chi connectivity index (χ1) is 17.0. The molecule has 0 saturated heterocycles. The van der Waals surface area contributed by atoms with Crippen molar-refractivity contribution < 1.29 is 23.8 Å². The first-order valence-electron chi connectivity index (χ1n) is 10.9. The molecule has 1 heterocycles. The van der Waals surface area contributed by atoms with Crippen LogP contribution >= 0.6 is 12.2 Å². The molecule has 0 aliphatic carbocycles. The molecule has 7 nitrogen and oxygen atoms in total. The van der Waals surface area contributed by atoms with E-state index in [0.29, 0.717) is 33.3 Å². The van der Waals surface area contributed by atoms with E-state index in [1.807, 2.05) is 36.4 Å². The molecule has 1 aliphatic rings. The number of carbonyl (C=O) groups excluding carboxylic acids is 2. The second-order valence-electron chi connectivity index (χ2n) is 7.80. The molecule has 0 spiro atoms.